The third-order valence-electron chi connectivity index (χ3n) is 10.5. The van der Waals surface area contributed by atoms with Crippen LogP contribution >= 0.6 is 47.0 Å². The summed E-state index contributed by atoms with van der Waals surface area (Å²) in [5, 5.41) is 164. The van der Waals surface area contributed by atoms with Gasteiger partial charge in [0.25, 0.3) is 0 Å². The van der Waals surface area contributed by atoms with Crippen molar-refractivity contribution in [2.75, 3.05) is 40.1 Å². The van der Waals surface area contributed by atoms with Crippen molar-refractivity contribution < 1.29 is 110 Å². The zero-order valence-electron chi connectivity index (χ0n) is 30.2. The number of ether oxygens (including phenoxy) is 6. The zero-order valence-corrected chi connectivity index (χ0v) is 33.5. The van der Waals surface area contributed by atoms with Crippen LogP contribution in [0.4, 0.5) is 0 Å². The van der Waals surface area contributed by atoms with E-state index in [1.165, 1.54) is 7.11 Å². The summed E-state index contributed by atoms with van der Waals surface area (Å²) in [5.74, 6) is 0. The van der Waals surface area contributed by atoms with E-state index in [1.54, 1.807) is 0 Å². The molecule has 5 saturated heterocycles. The smallest absolute Gasteiger partial charge is 0.186 e. The van der Waals surface area contributed by atoms with Gasteiger partial charge in [-0.2, -0.15) is 0 Å². The molecule has 5 rings (SSSR count). The van der Waals surface area contributed by atoms with Crippen LogP contribution in [0.15, 0.2) is 0 Å². The number of rotatable bonds is 14. The third-order valence-corrected chi connectivity index (χ3v) is 16.7. The molecule has 0 bridgehead atoms. The molecule has 0 aromatic rings. The molecule has 0 radical (unpaired) electrons. The summed E-state index contributed by atoms with van der Waals surface area (Å²) in [4.78, 5) is 0. The number of hydrogen-bond donors (Lipinski definition) is 16. The molecule has 0 aromatic carbocycles. The molecule has 0 saturated carbocycles. The summed E-state index contributed by atoms with van der Waals surface area (Å²) in [5.41, 5.74) is -5.49. The lowest BCUT2D eigenvalue weighted by molar-refractivity contribution is -0.259. The first-order chi connectivity index (χ1) is 27.1. The number of methoxy groups -OCH3 is 1. The average Bonchev–Trinajstić information content (AvgIpc) is 3.21. The first-order valence-corrected chi connectivity index (χ1v) is 21.8. The highest BCUT2D eigenvalue weighted by Crippen LogP contribution is 2.46. The van der Waals surface area contributed by atoms with Crippen molar-refractivity contribution >= 4 is 47.0 Å². The Bertz CT molecular complexity index is 1230. The van der Waals surface area contributed by atoms with E-state index >= 15 is 0 Å². The van der Waals surface area contributed by atoms with E-state index in [0.29, 0.717) is 35.3 Å². The van der Waals surface area contributed by atoms with Crippen LogP contribution in [0.1, 0.15) is 0 Å². The van der Waals surface area contributed by atoms with E-state index in [4.69, 9.17) is 28.4 Å². The molecule has 334 valence electrons. The van der Waals surface area contributed by atoms with Gasteiger partial charge in [-0.15, -0.1) is 47.0 Å². The van der Waals surface area contributed by atoms with Crippen LogP contribution in [0, 0.1) is 0 Å². The van der Waals surface area contributed by atoms with Gasteiger partial charge in [0.05, 0.1) is 103 Å². The number of aliphatic hydroxyl groups excluding tert-OH is 16. The number of aliphatic hydroxyl groups is 16. The SMILES string of the molecule is CO[C@H]1O[C@H](CO)[C@@H](S[C@@H]2O[C@H](CO)[C@@H](S[C@@H]3O[C@H](CO)[C@@H](S[C@@H]4O[C@H](CO)[C@@H](S[C@@H]5O[C@H](CO)[C@@H](O)[C@H](O)[C@H]5O)[C@H](O)[C@H]4O)[C@H](O)[C@H]3O)[C@H](O)[C@H]2O)[C@H](O)[C@H]1O. The fourth-order valence-electron chi connectivity index (χ4n) is 7.21. The molecule has 22 nitrogen and oxygen atoms in total. The van der Waals surface area contributed by atoms with Gasteiger partial charge < -0.3 is 110 Å². The van der Waals surface area contributed by atoms with Crippen molar-refractivity contribution in [3.8, 4) is 0 Å². The summed E-state index contributed by atoms with van der Waals surface area (Å²) in [6, 6.07) is 0. The lowest BCUT2D eigenvalue weighted by atomic mass is 10.0. The van der Waals surface area contributed by atoms with Gasteiger partial charge in [-0.05, 0) is 0 Å². The molecule has 0 amide bonds. The molecule has 25 atom stereocenters. The molecular formula is C31H54O22S4. The molecule has 5 aliphatic rings. The van der Waals surface area contributed by atoms with Gasteiger partial charge in [0.2, 0.25) is 0 Å². The van der Waals surface area contributed by atoms with Gasteiger partial charge in [0, 0.05) is 7.11 Å². The predicted octanol–water partition coefficient (Wildman–Crippen LogP) is -8.40. The van der Waals surface area contributed by atoms with Crippen molar-refractivity contribution in [3.05, 3.63) is 0 Å². The standard InChI is InChI=1S/C31H54O22S4/c1-48-27-18(43)14(39)23(8(3-33)49-27)54-29-20(45)16(41)25(10(5-35)51-29)56-31-22(47)17(42)26(11(6-36)53-31)57-30-21(46)15(40)24(9(4-34)52-30)55-28-19(44)13(38)12(37)7(2-32)50-28/h7-47H,2-6H2,1H3/t7-,8-,9-,10-,11-,12-,13+,14-,15-,16-,17-,18-,19-,20-,21-,22-,23-,24-,25-,26-,27+,28+,29+,30+,31+/m1/s1. The van der Waals surface area contributed by atoms with Crippen molar-refractivity contribution in [2.45, 2.75) is 147 Å². The lowest BCUT2D eigenvalue weighted by Crippen LogP contribution is -2.63. The van der Waals surface area contributed by atoms with E-state index in [9.17, 15) is 81.7 Å². The Morgan fingerprint density at radius 3 is 0.895 bits per heavy atom. The summed E-state index contributed by atoms with van der Waals surface area (Å²) < 4.78 is 33.7. The highest BCUT2D eigenvalue weighted by Gasteiger charge is 2.55. The van der Waals surface area contributed by atoms with Crippen molar-refractivity contribution in [1.82, 2.24) is 0 Å². The van der Waals surface area contributed by atoms with Crippen molar-refractivity contribution in [1.29, 1.82) is 0 Å². The van der Waals surface area contributed by atoms with Crippen LogP contribution in [0.25, 0.3) is 0 Å². The Balaban J connectivity index is 1.22. The molecule has 0 unspecified atom stereocenters. The predicted molar refractivity (Wildman–Crippen MR) is 197 cm³/mol. The first-order valence-electron chi connectivity index (χ1n) is 18.0. The highest BCUT2D eigenvalue weighted by molar-refractivity contribution is 8.01. The maximum atomic E-state index is 11.3. The molecule has 16 N–H and O–H groups in total. The Hall–Kier alpha value is 0.520. The van der Waals surface area contributed by atoms with E-state index in [2.05, 4.69) is 0 Å². The Morgan fingerprint density at radius 1 is 0.333 bits per heavy atom. The van der Waals surface area contributed by atoms with E-state index < -0.39 is 180 Å². The van der Waals surface area contributed by atoms with Gasteiger partial charge >= 0.3 is 0 Å². The minimum absolute atomic E-state index is 0.612. The maximum Gasteiger partial charge on any atom is 0.186 e. The van der Waals surface area contributed by atoms with Crippen LogP contribution in [-0.2, 0) is 28.4 Å². The van der Waals surface area contributed by atoms with Gasteiger partial charge in [-0.1, -0.05) is 0 Å². The van der Waals surface area contributed by atoms with Crippen LogP contribution in [0.3, 0.4) is 0 Å². The van der Waals surface area contributed by atoms with Gasteiger partial charge in [-0.25, -0.2) is 0 Å². The summed E-state index contributed by atoms with van der Waals surface area (Å²) in [6.45, 7) is -3.55. The first kappa shape index (κ1) is 48.6. The van der Waals surface area contributed by atoms with Gasteiger partial charge in [0.15, 0.2) is 6.29 Å². The Kier molecular flexibility index (Phi) is 18.1. The number of hydrogen-bond acceptors (Lipinski definition) is 26. The monoisotopic (exact) mass is 906 g/mol. The lowest BCUT2D eigenvalue weighted by Gasteiger charge is -2.49. The van der Waals surface area contributed by atoms with Gasteiger partial charge in [-0.3, -0.25) is 0 Å². The topological polar surface area (TPSA) is 379 Å². The molecule has 0 aliphatic carbocycles. The largest absolute Gasteiger partial charge is 0.394 e. The van der Waals surface area contributed by atoms with Crippen LogP contribution in [0.2, 0.25) is 0 Å². The minimum atomic E-state index is -1.77. The molecule has 57 heavy (non-hydrogen) atoms. The summed E-state index contributed by atoms with van der Waals surface area (Å²) in [7, 11) is 1.23. The van der Waals surface area contributed by atoms with E-state index in [0.717, 1.165) is 11.8 Å². The second-order valence-electron chi connectivity index (χ2n) is 14.2. The second-order valence-corrected chi connectivity index (χ2v) is 19.3. The zero-order chi connectivity index (χ0) is 42.0. The fraction of sp³-hybridized carbons (Fsp3) is 1.00. The molecule has 5 aliphatic heterocycles. The third kappa shape index (κ3) is 10.2. The number of thioether (sulfide) groups is 4. The quantitative estimate of drug-likeness (QED) is 0.0769. The minimum Gasteiger partial charge on any atom is -0.394 e. The van der Waals surface area contributed by atoms with E-state index in [-0.39, 0.29) is 0 Å². The summed E-state index contributed by atoms with van der Waals surface area (Å²) in [6.07, 6.45) is -25.9. The molecule has 0 spiro atoms. The van der Waals surface area contributed by atoms with Gasteiger partial charge in [0.1, 0.15) is 70.6 Å². The molecule has 5 heterocycles. The second kappa shape index (κ2) is 21.3. The summed E-state index contributed by atoms with van der Waals surface area (Å²) >= 11 is 2.77. The Morgan fingerprint density at radius 2 is 0.596 bits per heavy atom. The molecule has 26 heteroatoms. The van der Waals surface area contributed by atoms with Crippen LogP contribution < -0.4 is 0 Å². The van der Waals surface area contributed by atoms with Crippen molar-refractivity contribution in [3.63, 3.8) is 0 Å². The van der Waals surface area contributed by atoms with Crippen molar-refractivity contribution in [2.24, 2.45) is 0 Å². The maximum absolute atomic E-state index is 11.3. The molecular weight excluding hydrogens is 853 g/mol. The Labute approximate surface area is 343 Å². The van der Waals surface area contributed by atoms with E-state index in [1.807, 2.05) is 0 Å². The molecule has 5 fully saturated rings. The molecule has 0 aromatic heterocycles. The van der Waals surface area contributed by atoms with Crippen LogP contribution in [0.5, 0.6) is 0 Å². The highest BCUT2D eigenvalue weighted by atomic mass is 32.2. The normalized spacial score (nSPS) is 52.5. The fourth-order valence-corrected chi connectivity index (χ4v) is 13.2. The average molecular weight is 907 g/mol. The van der Waals surface area contributed by atoms with Crippen LogP contribution in [-0.4, -0.2) is 269 Å².